The zero-order chi connectivity index (χ0) is 13.1. The summed E-state index contributed by atoms with van der Waals surface area (Å²) in [4.78, 5) is 0. The second-order valence-electron chi connectivity index (χ2n) is 4.45. The van der Waals surface area contributed by atoms with Crippen LogP contribution in [0.15, 0.2) is 18.3 Å². The highest BCUT2D eigenvalue weighted by atomic mass is 16.5. The number of ether oxygens (including phenoxy) is 1. The van der Waals surface area contributed by atoms with E-state index in [-0.39, 0.29) is 0 Å². The van der Waals surface area contributed by atoms with Gasteiger partial charge in [-0.2, -0.15) is 5.10 Å². The molecule has 1 heterocycles. The molecule has 0 aliphatic carbocycles. The van der Waals surface area contributed by atoms with Gasteiger partial charge in [0, 0.05) is 5.56 Å². The van der Waals surface area contributed by atoms with Crippen LogP contribution >= 0.6 is 0 Å². The molecule has 1 aromatic heterocycles. The molecule has 0 bridgehead atoms. The molecule has 0 saturated heterocycles. The summed E-state index contributed by atoms with van der Waals surface area (Å²) in [5.74, 6) is 0.943. The minimum Gasteiger partial charge on any atom is -0.496 e. The molecular formula is C14H19N3O. The van der Waals surface area contributed by atoms with E-state index in [1.165, 1.54) is 0 Å². The second kappa shape index (κ2) is 5.23. The number of aromatic amines is 1. The molecule has 0 radical (unpaired) electrons. The third kappa shape index (κ3) is 2.24. The third-order valence-electron chi connectivity index (χ3n) is 3.08. The van der Waals surface area contributed by atoms with Gasteiger partial charge in [0.05, 0.1) is 19.0 Å². The molecule has 1 aromatic carbocycles. The zero-order valence-electron chi connectivity index (χ0n) is 11.1. The van der Waals surface area contributed by atoms with Gasteiger partial charge in [-0.15, -0.1) is 0 Å². The van der Waals surface area contributed by atoms with Gasteiger partial charge in [0.1, 0.15) is 5.75 Å². The minimum atomic E-state index is 0.626. The van der Waals surface area contributed by atoms with Crippen molar-refractivity contribution in [3.63, 3.8) is 0 Å². The molecule has 0 saturated carbocycles. The largest absolute Gasteiger partial charge is 0.496 e. The number of hydrogen-bond acceptors (Lipinski definition) is 3. The Bertz CT molecular complexity index is 523. The van der Waals surface area contributed by atoms with Crippen LogP contribution in [0.2, 0.25) is 0 Å². The predicted molar refractivity (Wildman–Crippen MR) is 72.8 cm³/mol. The van der Waals surface area contributed by atoms with Crippen molar-refractivity contribution in [2.24, 2.45) is 5.73 Å². The van der Waals surface area contributed by atoms with E-state index >= 15 is 0 Å². The normalized spacial score (nSPS) is 10.7. The van der Waals surface area contributed by atoms with E-state index in [2.05, 4.69) is 22.3 Å². The molecule has 18 heavy (non-hydrogen) atoms. The first-order valence-corrected chi connectivity index (χ1v) is 6.05. The second-order valence-corrected chi connectivity index (χ2v) is 4.45. The molecule has 0 atom stereocenters. The van der Waals surface area contributed by atoms with Crippen molar-refractivity contribution in [2.45, 2.75) is 20.3 Å². The number of aryl methyl sites for hydroxylation is 2. The molecular weight excluding hydrogens is 226 g/mol. The van der Waals surface area contributed by atoms with E-state index in [4.69, 9.17) is 10.5 Å². The van der Waals surface area contributed by atoms with Crippen LogP contribution in [0.25, 0.3) is 11.3 Å². The molecule has 0 amide bonds. The van der Waals surface area contributed by atoms with Crippen LogP contribution in [-0.2, 0) is 6.42 Å². The van der Waals surface area contributed by atoms with Crippen molar-refractivity contribution in [3.8, 4) is 17.0 Å². The average Bonchev–Trinajstić information content (AvgIpc) is 2.77. The lowest BCUT2D eigenvalue weighted by atomic mass is 10.0. The third-order valence-corrected chi connectivity index (χ3v) is 3.08. The maximum absolute atomic E-state index is 5.61. The number of methoxy groups -OCH3 is 1. The minimum absolute atomic E-state index is 0.626. The fourth-order valence-corrected chi connectivity index (χ4v) is 2.32. The Morgan fingerprint density at radius 1 is 1.28 bits per heavy atom. The van der Waals surface area contributed by atoms with Gasteiger partial charge in [0.15, 0.2) is 0 Å². The molecule has 0 unspecified atom stereocenters. The molecule has 3 N–H and O–H groups in total. The number of benzene rings is 1. The molecule has 2 aromatic rings. The fourth-order valence-electron chi connectivity index (χ4n) is 2.32. The quantitative estimate of drug-likeness (QED) is 0.868. The van der Waals surface area contributed by atoms with E-state index in [0.29, 0.717) is 6.54 Å². The maximum atomic E-state index is 5.61. The maximum Gasteiger partial charge on any atom is 0.124 e. The summed E-state index contributed by atoms with van der Waals surface area (Å²) >= 11 is 0. The van der Waals surface area contributed by atoms with Gasteiger partial charge in [0.25, 0.3) is 0 Å². The van der Waals surface area contributed by atoms with Gasteiger partial charge in [0.2, 0.25) is 0 Å². The molecule has 0 fully saturated rings. The lowest BCUT2D eigenvalue weighted by Crippen LogP contribution is -2.03. The Morgan fingerprint density at radius 3 is 2.50 bits per heavy atom. The molecule has 0 aliphatic heterocycles. The highest BCUT2D eigenvalue weighted by Gasteiger charge is 2.11. The van der Waals surface area contributed by atoms with Crippen LogP contribution in [0, 0.1) is 13.8 Å². The molecule has 0 spiro atoms. The zero-order valence-corrected chi connectivity index (χ0v) is 11.1. The van der Waals surface area contributed by atoms with Crippen LogP contribution in [0.3, 0.4) is 0 Å². The highest BCUT2D eigenvalue weighted by molar-refractivity contribution is 5.66. The number of aromatic nitrogens is 2. The van der Waals surface area contributed by atoms with Gasteiger partial charge >= 0.3 is 0 Å². The van der Waals surface area contributed by atoms with Gasteiger partial charge in [-0.1, -0.05) is 0 Å². The highest BCUT2D eigenvalue weighted by Crippen LogP contribution is 2.30. The Balaban J connectivity index is 2.48. The average molecular weight is 245 g/mol. The monoisotopic (exact) mass is 245 g/mol. The van der Waals surface area contributed by atoms with E-state index in [0.717, 1.165) is 40.1 Å². The first-order chi connectivity index (χ1) is 8.67. The number of nitrogens with one attached hydrogen (secondary N) is 1. The van der Waals surface area contributed by atoms with E-state index in [9.17, 15) is 0 Å². The van der Waals surface area contributed by atoms with Crippen LogP contribution in [-0.4, -0.2) is 23.9 Å². The lowest BCUT2D eigenvalue weighted by molar-refractivity contribution is 0.408. The Kier molecular flexibility index (Phi) is 3.67. The summed E-state index contributed by atoms with van der Waals surface area (Å²) in [5.41, 5.74) is 11.2. The smallest absolute Gasteiger partial charge is 0.124 e. The van der Waals surface area contributed by atoms with Crippen LogP contribution < -0.4 is 10.5 Å². The number of nitrogens with two attached hydrogens (primary N) is 1. The van der Waals surface area contributed by atoms with E-state index < -0.39 is 0 Å². The van der Waals surface area contributed by atoms with Crippen molar-refractivity contribution in [1.29, 1.82) is 0 Å². The summed E-state index contributed by atoms with van der Waals surface area (Å²) in [6.07, 6.45) is 2.67. The summed E-state index contributed by atoms with van der Waals surface area (Å²) in [5, 5.41) is 7.16. The number of rotatable bonds is 4. The number of H-pyrrole nitrogens is 1. The summed E-state index contributed by atoms with van der Waals surface area (Å²) in [6, 6.07) is 4.22. The summed E-state index contributed by atoms with van der Waals surface area (Å²) in [6.45, 7) is 4.73. The van der Waals surface area contributed by atoms with Crippen LogP contribution in [0.4, 0.5) is 0 Å². The first kappa shape index (κ1) is 12.6. The van der Waals surface area contributed by atoms with Crippen LogP contribution in [0.5, 0.6) is 5.75 Å². The van der Waals surface area contributed by atoms with Crippen molar-refractivity contribution in [2.75, 3.05) is 13.7 Å². The van der Waals surface area contributed by atoms with E-state index in [1.54, 1.807) is 7.11 Å². The van der Waals surface area contributed by atoms with Crippen molar-refractivity contribution in [3.05, 3.63) is 35.0 Å². The first-order valence-electron chi connectivity index (χ1n) is 6.05. The molecule has 96 valence electrons. The van der Waals surface area contributed by atoms with Gasteiger partial charge in [-0.3, -0.25) is 5.10 Å². The number of nitrogens with zero attached hydrogens (tertiary/aromatic N) is 1. The SMILES string of the molecule is COc1c(C)cc(-c2[nH]ncc2CCN)cc1C. The van der Waals surface area contributed by atoms with E-state index in [1.807, 2.05) is 20.0 Å². The van der Waals surface area contributed by atoms with Gasteiger partial charge < -0.3 is 10.5 Å². The van der Waals surface area contributed by atoms with Crippen molar-refractivity contribution >= 4 is 0 Å². The summed E-state index contributed by atoms with van der Waals surface area (Å²) < 4.78 is 5.38. The fraction of sp³-hybridized carbons (Fsp3) is 0.357. The molecule has 2 rings (SSSR count). The number of hydrogen-bond donors (Lipinski definition) is 2. The Labute approximate surface area is 107 Å². The Morgan fingerprint density at radius 2 is 1.94 bits per heavy atom. The lowest BCUT2D eigenvalue weighted by Gasteiger charge is -2.11. The van der Waals surface area contributed by atoms with Crippen molar-refractivity contribution < 1.29 is 4.74 Å². The predicted octanol–water partition coefficient (Wildman–Crippen LogP) is 2.20. The Hall–Kier alpha value is -1.81. The standard InChI is InChI=1S/C14H19N3O/c1-9-6-12(7-10(2)14(9)18-3)13-11(4-5-15)8-16-17-13/h6-8H,4-5,15H2,1-3H3,(H,16,17). The van der Waals surface area contributed by atoms with Crippen molar-refractivity contribution in [1.82, 2.24) is 10.2 Å². The van der Waals surface area contributed by atoms with Gasteiger partial charge in [-0.05, 0) is 55.6 Å². The van der Waals surface area contributed by atoms with Crippen LogP contribution in [0.1, 0.15) is 16.7 Å². The summed E-state index contributed by atoms with van der Waals surface area (Å²) in [7, 11) is 1.70. The topological polar surface area (TPSA) is 63.9 Å². The molecule has 4 nitrogen and oxygen atoms in total. The molecule has 0 aliphatic rings. The van der Waals surface area contributed by atoms with Gasteiger partial charge in [-0.25, -0.2) is 0 Å². The molecule has 4 heteroatoms.